The summed E-state index contributed by atoms with van der Waals surface area (Å²) in [5.74, 6) is -0.258. The van der Waals surface area contributed by atoms with Crippen LogP contribution in [0.25, 0.3) is 22.3 Å². The lowest BCUT2D eigenvalue weighted by Gasteiger charge is -2.14. The summed E-state index contributed by atoms with van der Waals surface area (Å²) in [7, 11) is 1.52. The van der Waals surface area contributed by atoms with Crippen molar-refractivity contribution in [3.8, 4) is 17.1 Å². The summed E-state index contributed by atoms with van der Waals surface area (Å²) in [5.41, 5.74) is 1.71. The van der Waals surface area contributed by atoms with Crippen LogP contribution in [0.2, 0.25) is 0 Å². The number of halogens is 1. The molecule has 0 radical (unpaired) electrons. The molecule has 0 unspecified atom stereocenters. The first kappa shape index (κ1) is 19.4. The highest BCUT2D eigenvalue weighted by atomic mass is 19.1. The lowest BCUT2D eigenvalue weighted by molar-refractivity contribution is -0.114. The number of carbonyl (C=O) groups excluding carboxylic acids is 2. The molecule has 2 aromatic carbocycles. The quantitative estimate of drug-likeness (QED) is 0.686. The molecule has 0 spiro atoms. The van der Waals surface area contributed by atoms with E-state index >= 15 is 0 Å². The lowest BCUT2D eigenvalue weighted by Crippen LogP contribution is -2.18. The maximum atomic E-state index is 13.3. The zero-order chi connectivity index (χ0) is 20.4. The minimum absolute atomic E-state index is 0.142. The van der Waals surface area contributed by atoms with Crippen molar-refractivity contribution in [1.82, 2.24) is 5.32 Å². The van der Waals surface area contributed by atoms with E-state index in [1.807, 2.05) is 13.8 Å². The number of amides is 2. The Morgan fingerprint density at radius 3 is 2.39 bits per heavy atom. The minimum atomic E-state index is -0.387. The molecule has 0 bridgehead atoms. The third kappa shape index (κ3) is 3.83. The number of hydrogen-bond acceptors (Lipinski definition) is 4. The highest BCUT2D eigenvalue weighted by Crippen LogP contribution is 2.39. The van der Waals surface area contributed by atoms with Crippen molar-refractivity contribution < 1.29 is 23.1 Å². The highest BCUT2D eigenvalue weighted by Gasteiger charge is 2.24. The summed E-state index contributed by atoms with van der Waals surface area (Å²) in [5, 5.41) is 5.85. The van der Waals surface area contributed by atoms with Crippen LogP contribution >= 0.6 is 0 Å². The molecule has 0 saturated heterocycles. The van der Waals surface area contributed by atoms with Crippen molar-refractivity contribution in [1.29, 1.82) is 0 Å². The second-order valence-corrected chi connectivity index (χ2v) is 6.58. The molecule has 0 aliphatic rings. The van der Waals surface area contributed by atoms with Gasteiger partial charge in [0.15, 0.2) is 0 Å². The first-order chi connectivity index (χ1) is 13.3. The van der Waals surface area contributed by atoms with Crippen molar-refractivity contribution in [2.45, 2.75) is 26.9 Å². The minimum Gasteiger partial charge on any atom is -0.489 e. The molecular formula is C21H21FN2O4. The molecule has 0 saturated carbocycles. The molecule has 3 aromatic rings. The van der Waals surface area contributed by atoms with Crippen LogP contribution in [-0.2, 0) is 4.79 Å². The smallest absolute Gasteiger partial charge is 0.255 e. The second kappa shape index (κ2) is 7.72. The number of furan rings is 1. The highest BCUT2D eigenvalue weighted by molar-refractivity contribution is 6.12. The Hall–Kier alpha value is -3.35. The maximum absolute atomic E-state index is 13.3. The molecule has 0 aliphatic carbocycles. The van der Waals surface area contributed by atoms with Crippen LogP contribution in [0.4, 0.5) is 10.1 Å². The van der Waals surface area contributed by atoms with E-state index in [1.54, 1.807) is 24.3 Å². The third-order valence-corrected chi connectivity index (χ3v) is 4.02. The lowest BCUT2D eigenvalue weighted by atomic mass is 10.0. The number of hydrogen-bond donors (Lipinski definition) is 2. The van der Waals surface area contributed by atoms with Crippen LogP contribution in [0.15, 0.2) is 40.8 Å². The maximum Gasteiger partial charge on any atom is 0.255 e. The number of rotatable bonds is 5. The first-order valence-corrected chi connectivity index (χ1v) is 8.83. The second-order valence-electron chi connectivity index (χ2n) is 6.58. The predicted molar refractivity (Wildman–Crippen MR) is 105 cm³/mol. The molecule has 1 aromatic heterocycles. The molecule has 1 heterocycles. The predicted octanol–water partition coefficient (Wildman–Crippen LogP) is 4.34. The summed E-state index contributed by atoms with van der Waals surface area (Å²) in [6.07, 6.45) is -0.142. The van der Waals surface area contributed by atoms with Crippen molar-refractivity contribution in [2.75, 3.05) is 12.4 Å². The Bertz CT molecular complexity index is 1040. The van der Waals surface area contributed by atoms with Gasteiger partial charge in [-0.1, -0.05) is 0 Å². The van der Waals surface area contributed by atoms with E-state index in [1.165, 1.54) is 26.1 Å². The average molecular weight is 384 g/mol. The van der Waals surface area contributed by atoms with Gasteiger partial charge >= 0.3 is 0 Å². The standard InChI is InChI=1S/C21H21FN2O4/c1-11(2)27-18-9-15-17(10-16(18)24-12(3)25)28-20(19(15)21(26)23-4)13-5-7-14(22)8-6-13/h5-11H,1-4H3,(H,23,26)(H,24,25). The van der Waals surface area contributed by atoms with Gasteiger partial charge < -0.3 is 19.8 Å². The Morgan fingerprint density at radius 2 is 1.82 bits per heavy atom. The van der Waals surface area contributed by atoms with Crippen LogP contribution < -0.4 is 15.4 Å². The molecule has 3 rings (SSSR count). The van der Waals surface area contributed by atoms with Crippen LogP contribution in [0.5, 0.6) is 5.75 Å². The number of fused-ring (bicyclic) bond motifs is 1. The summed E-state index contributed by atoms with van der Waals surface area (Å²) in [4.78, 5) is 24.2. The first-order valence-electron chi connectivity index (χ1n) is 8.83. The van der Waals surface area contributed by atoms with Gasteiger partial charge in [-0.2, -0.15) is 0 Å². The van der Waals surface area contributed by atoms with Gasteiger partial charge in [0.25, 0.3) is 5.91 Å². The fraction of sp³-hybridized carbons (Fsp3) is 0.238. The topological polar surface area (TPSA) is 80.6 Å². The molecule has 0 fully saturated rings. The summed E-state index contributed by atoms with van der Waals surface area (Å²) in [6.45, 7) is 5.12. The fourth-order valence-electron chi connectivity index (χ4n) is 2.92. The van der Waals surface area contributed by atoms with Crippen LogP contribution in [0.1, 0.15) is 31.1 Å². The van der Waals surface area contributed by atoms with Gasteiger partial charge in [0.2, 0.25) is 5.91 Å². The Labute approximate surface area is 161 Å². The summed E-state index contributed by atoms with van der Waals surface area (Å²) < 4.78 is 25.1. The zero-order valence-electron chi connectivity index (χ0n) is 16.1. The molecule has 2 amide bonds. The number of carbonyl (C=O) groups is 2. The van der Waals surface area contributed by atoms with E-state index in [2.05, 4.69) is 10.6 Å². The molecule has 28 heavy (non-hydrogen) atoms. The van der Waals surface area contributed by atoms with Gasteiger partial charge in [-0.05, 0) is 44.2 Å². The molecule has 6 nitrogen and oxygen atoms in total. The molecule has 0 aliphatic heterocycles. The van der Waals surface area contributed by atoms with Gasteiger partial charge in [-0.25, -0.2) is 4.39 Å². The molecule has 0 atom stereocenters. The molecular weight excluding hydrogens is 363 g/mol. The summed E-state index contributed by atoms with van der Waals surface area (Å²) >= 11 is 0. The molecule has 7 heteroatoms. The van der Waals surface area contributed by atoms with Crippen molar-refractivity contribution in [2.24, 2.45) is 0 Å². The van der Waals surface area contributed by atoms with E-state index in [9.17, 15) is 14.0 Å². The number of benzene rings is 2. The number of ether oxygens (including phenoxy) is 1. The van der Waals surface area contributed by atoms with Crippen molar-refractivity contribution >= 4 is 28.5 Å². The summed E-state index contributed by atoms with van der Waals surface area (Å²) in [6, 6.07) is 8.97. The molecule has 146 valence electrons. The van der Waals surface area contributed by atoms with Crippen molar-refractivity contribution in [3.63, 3.8) is 0 Å². The van der Waals surface area contributed by atoms with Gasteiger partial charge in [0.1, 0.15) is 22.9 Å². The number of nitrogens with one attached hydrogen (secondary N) is 2. The molecule has 2 N–H and O–H groups in total. The van der Waals surface area contributed by atoms with Gasteiger partial charge in [0.05, 0.1) is 17.4 Å². The number of anilines is 1. The monoisotopic (exact) mass is 384 g/mol. The van der Waals surface area contributed by atoms with Crippen LogP contribution in [0, 0.1) is 5.82 Å². The Morgan fingerprint density at radius 1 is 1.14 bits per heavy atom. The van der Waals surface area contributed by atoms with Crippen molar-refractivity contribution in [3.05, 3.63) is 47.8 Å². The van der Waals surface area contributed by atoms with E-state index in [0.717, 1.165) is 0 Å². The SMILES string of the molecule is CNC(=O)c1c(-c2ccc(F)cc2)oc2cc(NC(C)=O)c(OC(C)C)cc12. The van der Waals surface area contributed by atoms with Gasteiger partial charge in [0, 0.05) is 31.0 Å². The zero-order valence-corrected chi connectivity index (χ0v) is 16.1. The van der Waals surface area contributed by atoms with Crippen LogP contribution in [0.3, 0.4) is 0 Å². The van der Waals surface area contributed by atoms with Gasteiger partial charge in [-0.3, -0.25) is 9.59 Å². The fourth-order valence-corrected chi connectivity index (χ4v) is 2.92. The normalized spacial score (nSPS) is 10.9. The van der Waals surface area contributed by atoms with Crippen LogP contribution in [-0.4, -0.2) is 25.0 Å². The van der Waals surface area contributed by atoms with E-state index < -0.39 is 0 Å². The Kier molecular flexibility index (Phi) is 5.35. The van der Waals surface area contributed by atoms with E-state index in [4.69, 9.17) is 9.15 Å². The average Bonchev–Trinajstić information content (AvgIpc) is 2.99. The van der Waals surface area contributed by atoms with E-state index in [0.29, 0.717) is 39.3 Å². The van der Waals surface area contributed by atoms with Gasteiger partial charge in [-0.15, -0.1) is 0 Å². The van der Waals surface area contributed by atoms with E-state index in [-0.39, 0.29) is 23.7 Å². The third-order valence-electron chi connectivity index (χ3n) is 4.02. The Balaban J connectivity index is 2.28. The largest absolute Gasteiger partial charge is 0.489 e.